The van der Waals surface area contributed by atoms with Gasteiger partial charge in [0, 0.05) is 25.1 Å². The molecule has 0 aromatic carbocycles. The topological polar surface area (TPSA) is 69.0 Å². The van der Waals surface area contributed by atoms with Crippen molar-refractivity contribution in [2.24, 2.45) is 5.92 Å². The molecule has 0 unspecified atom stereocenters. The van der Waals surface area contributed by atoms with Crippen molar-refractivity contribution in [3.05, 3.63) is 29.0 Å². The number of amides is 1. The number of thiazole rings is 1. The number of carbonyl (C=O) groups is 1. The summed E-state index contributed by atoms with van der Waals surface area (Å²) < 4.78 is 7.53. The Labute approximate surface area is 189 Å². The second-order valence-electron chi connectivity index (χ2n) is 9.65. The highest BCUT2D eigenvalue weighted by atomic mass is 32.1. The Morgan fingerprint density at radius 1 is 1.29 bits per heavy atom. The van der Waals surface area contributed by atoms with Gasteiger partial charge in [0.1, 0.15) is 5.01 Å². The third kappa shape index (κ3) is 5.44. The Kier molecular flexibility index (Phi) is 6.92. The molecule has 4 rings (SSSR count). The van der Waals surface area contributed by atoms with E-state index in [4.69, 9.17) is 14.8 Å². The van der Waals surface area contributed by atoms with E-state index in [1.165, 1.54) is 24.1 Å². The first-order valence-corrected chi connectivity index (χ1v) is 12.4. The summed E-state index contributed by atoms with van der Waals surface area (Å²) in [6, 6.07) is 0. The van der Waals surface area contributed by atoms with E-state index in [9.17, 15) is 4.79 Å². The molecule has 0 atom stereocenters. The molecule has 0 saturated carbocycles. The molecule has 1 fully saturated rings. The van der Waals surface area contributed by atoms with E-state index in [2.05, 4.69) is 36.8 Å². The number of hydrogen-bond donors (Lipinski definition) is 1. The molecule has 1 N–H and O–H groups in total. The van der Waals surface area contributed by atoms with Crippen LogP contribution in [0, 0.1) is 5.92 Å². The van der Waals surface area contributed by atoms with E-state index in [-0.39, 0.29) is 11.4 Å². The van der Waals surface area contributed by atoms with Crippen LogP contribution >= 0.6 is 11.3 Å². The molecule has 0 radical (unpaired) electrons. The lowest BCUT2D eigenvalue weighted by Gasteiger charge is -2.25. The van der Waals surface area contributed by atoms with Crippen molar-refractivity contribution in [1.29, 1.82) is 0 Å². The third-order valence-corrected chi connectivity index (χ3v) is 6.98. The smallest absolute Gasteiger partial charge is 0.226 e. The molecular weight excluding hydrogens is 408 g/mol. The van der Waals surface area contributed by atoms with Crippen molar-refractivity contribution in [3.8, 4) is 10.6 Å². The Hall–Kier alpha value is -1.99. The highest BCUT2D eigenvalue weighted by molar-refractivity contribution is 7.13. The Morgan fingerprint density at radius 2 is 2.10 bits per heavy atom. The van der Waals surface area contributed by atoms with Crippen molar-refractivity contribution >= 4 is 22.8 Å². The normalized spacial score (nSPS) is 18.1. The van der Waals surface area contributed by atoms with Crippen molar-refractivity contribution in [2.75, 3.05) is 19.8 Å². The van der Waals surface area contributed by atoms with Gasteiger partial charge in [0.2, 0.25) is 5.91 Å². The maximum atomic E-state index is 12.4. The molecule has 0 bridgehead atoms. The minimum atomic E-state index is -0.101. The molecule has 1 aliphatic carbocycles. The lowest BCUT2D eigenvalue weighted by atomic mass is 9.94. The second-order valence-corrected chi connectivity index (χ2v) is 10.5. The van der Waals surface area contributed by atoms with Crippen LogP contribution in [0.4, 0.5) is 0 Å². The van der Waals surface area contributed by atoms with Gasteiger partial charge in [-0.3, -0.25) is 9.48 Å². The maximum absolute atomic E-state index is 12.4. The molecule has 1 amide bonds. The number of nitrogens with zero attached hydrogens (tertiary/aromatic N) is 3. The average Bonchev–Trinajstić information content (AvgIpc) is 3.40. The predicted octanol–water partition coefficient (Wildman–Crippen LogP) is 4.80. The highest BCUT2D eigenvalue weighted by Gasteiger charge is 2.26. The summed E-state index contributed by atoms with van der Waals surface area (Å²) in [4.78, 5) is 17.3. The summed E-state index contributed by atoms with van der Waals surface area (Å²) in [5.74, 6) is 0.571. The molecule has 168 valence electrons. The van der Waals surface area contributed by atoms with E-state index in [0.717, 1.165) is 61.7 Å². The first-order chi connectivity index (χ1) is 14.9. The van der Waals surface area contributed by atoms with Crippen LogP contribution in [-0.4, -0.2) is 40.4 Å². The minimum Gasteiger partial charge on any atom is -0.381 e. The molecule has 3 heterocycles. The largest absolute Gasteiger partial charge is 0.381 e. The third-order valence-electron chi connectivity index (χ3n) is 6.05. The quantitative estimate of drug-likeness (QED) is 0.697. The summed E-state index contributed by atoms with van der Waals surface area (Å²) in [5, 5.41) is 10.8. The van der Waals surface area contributed by atoms with Gasteiger partial charge in [-0.2, -0.15) is 5.10 Å². The summed E-state index contributed by atoms with van der Waals surface area (Å²) >= 11 is 1.60. The number of allylic oxidation sites excluding steroid dienone is 2. The van der Waals surface area contributed by atoms with E-state index in [1.807, 2.05) is 11.6 Å². The standard InChI is InChI=1S/C24H34N4O2S/c1-24(2,3)28-22(18-7-5-4-6-8-18)20(15-26-28)23-27-19(16-31-23)13-21(29)25-14-17-9-11-30-12-10-17/h7,15-17H,4-6,8-14H2,1-3H3,(H,25,29). The molecule has 1 aliphatic heterocycles. The van der Waals surface area contributed by atoms with Gasteiger partial charge < -0.3 is 10.1 Å². The van der Waals surface area contributed by atoms with Gasteiger partial charge in [-0.15, -0.1) is 11.3 Å². The fraction of sp³-hybridized carbons (Fsp3) is 0.625. The molecule has 6 nitrogen and oxygen atoms in total. The molecule has 0 spiro atoms. The maximum Gasteiger partial charge on any atom is 0.226 e. The fourth-order valence-corrected chi connectivity index (χ4v) is 5.15. The number of nitrogens with one attached hydrogen (secondary N) is 1. The molecule has 7 heteroatoms. The van der Waals surface area contributed by atoms with E-state index >= 15 is 0 Å². The SMILES string of the molecule is CC(C)(C)n1ncc(-c2nc(CC(=O)NCC3CCOCC3)cs2)c1C1=CCCCC1. The number of carbonyl (C=O) groups excluding carboxylic acids is 1. The van der Waals surface area contributed by atoms with Crippen LogP contribution in [0.25, 0.3) is 16.1 Å². The Balaban J connectivity index is 1.49. The molecule has 2 aromatic heterocycles. The van der Waals surface area contributed by atoms with Crippen molar-refractivity contribution in [1.82, 2.24) is 20.1 Å². The first-order valence-electron chi connectivity index (χ1n) is 11.5. The summed E-state index contributed by atoms with van der Waals surface area (Å²) in [6.45, 7) is 8.90. The minimum absolute atomic E-state index is 0.0453. The Bertz CT molecular complexity index is 932. The predicted molar refractivity (Wildman–Crippen MR) is 125 cm³/mol. The summed E-state index contributed by atoms with van der Waals surface area (Å²) in [7, 11) is 0. The molecule has 2 aromatic rings. The van der Waals surface area contributed by atoms with E-state index in [1.54, 1.807) is 11.3 Å². The zero-order valence-electron chi connectivity index (χ0n) is 18.9. The van der Waals surface area contributed by atoms with E-state index < -0.39 is 0 Å². The van der Waals surface area contributed by atoms with Gasteiger partial charge in [0.25, 0.3) is 0 Å². The summed E-state index contributed by atoms with van der Waals surface area (Å²) in [5.41, 5.74) is 4.38. The van der Waals surface area contributed by atoms with Crippen LogP contribution in [0.1, 0.15) is 70.7 Å². The van der Waals surface area contributed by atoms with Crippen LogP contribution in [0.15, 0.2) is 17.7 Å². The van der Waals surface area contributed by atoms with E-state index in [0.29, 0.717) is 12.3 Å². The number of rotatable bonds is 6. The number of ether oxygens (including phenoxy) is 1. The lowest BCUT2D eigenvalue weighted by molar-refractivity contribution is -0.120. The average molecular weight is 443 g/mol. The molecule has 2 aliphatic rings. The molecule has 31 heavy (non-hydrogen) atoms. The van der Waals surface area contributed by atoms with Gasteiger partial charge in [-0.1, -0.05) is 6.08 Å². The van der Waals surface area contributed by atoms with Crippen molar-refractivity contribution in [2.45, 2.75) is 71.3 Å². The van der Waals surface area contributed by atoms with Crippen LogP contribution in [0.5, 0.6) is 0 Å². The van der Waals surface area contributed by atoms with Crippen LogP contribution in [-0.2, 0) is 21.5 Å². The number of aromatic nitrogens is 3. The van der Waals surface area contributed by atoms with Crippen LogP contribution in [0.3, 0.4) is 0 Å². The van der Waals surface area contributed by atoms with Gasteiger partial charge in [0.05, 0.1) is 35.1 Å². The monoisotopic (exact) mass is 442 g/mol. The zero-order valence-corrected chi connectivity index (χ0v) is 19.8. The van der Waals surface area contributed by atoms with Crippen LogP contribution < -0.4 is 5.32 Å². The highest BCUT2D eigenvalue weighted by Crippen LogP contribution is 2.37. The van der Waals surface area contributed by atoms with Crippen molar-refractivity contribution < 1.29 is 9.53 Å². The first kappa shape index (κ1) is 22.2. The van der Waals surface area contributed by atoms with Gasteiger partial charge in [0.15, 0.2) is 0 Å². The zero-order chi connectivity index (χ0) is 21.8. The lowest BCUT2D eigenvalue weighted by Crippen LogP contribution is -2.33. The second kappa shape index (κ2) is 9.65. The van der Waals surface area contributed by atoms with Gasteiger partial charge in [-0.05, 0) is 70.8 Å². The van der Waals surface area contributed by atoms with Crippen molar-refractivity contribution in [3.63, 3.8) is 0 Å². The van der Waals surface area contributed by atoms with Gasteiger partial charge >= 0.3 is 0 Å². The fourth-order valence-electron chi connectivity index (χ4n) is 4.32. The van der Waals surface area contributed by atoms with Crippen LogP contribution in [0.2, 0.25) is 0 Å². The Morgan fingerprint density at radius 3 is 2.81 bits per heavy atom. The molecule has 1 saturated heterocycles. The summed E-state index contributed by atoms with van der Waals surface area (Å²) in [6.07, 6.45) is 11.4. The number of hydrogen-bond acceptors (Lipinski definition) is 5. The molecular formula is C24H34N4O2S. The van der Waals surface area contributed by atoms with Gasteiger partial charge in [-0.25, -0.2) is 4.98 Å².